The summed E-state index contributed by atoms with van der Waals surface area (Å²) in [6.45, 7) is 6.43. The van der Waals surface area contributed by atoms with E-state index in [1.54, 1.807) is 24.3 Å². The molecule has 5 rings (SSSR count). The molecule has 0 saturated heterocycles. The number of amides is 2. The van der Waals surface area contributed by atoms with Gasteiger partial charge in [0.15, 0.2) is 0 Å². The summed E-state index contributed by atoms with van der Waals surface area (Å²) in [6.07, 6.45) is 3.59. The summed E-state index contributed by atoms with van der Waals surface area (Å²) in [5, 5.41) is 0.901. The number of methoxy groups -OCH3 is 1. The SMILES string of the molecule is COc1ncccc1-c1cccc(C2=C(C(=O)N(Cc3cccc(Cl)c3Cl)C3CC3)CN(C(=O)OC(C)(C)C)CC2)c1. The fourth-order valence-corrected chi connectivity index (χ4v) is 5.57. The van der Waals surface area contributed by atoms with Crippen LogP contribution in [0.3, 0.4) is 0 Å². The van der Waals surface area contributed by atoms with E-state index >= 15 is 0 Å². The highest BCUT2D eigenvalue weighted by molar-refractivity contribution is 6.42. The highest BCUT2D eigenvalue weighted by atomic mass is 35.5. The number of rotatable bonds is 7. The number of carbonyl (C=O) groups is 2. The lowest BCUT2D eigenvalue weighted by molar-refractivity contribution is -0.128. The van der Waals surface area contributed by atoms with Gasteiger partial charge < -0.3 is 19.3 Å². The second-order valence-electron chi connectivity index (χ2n) is 11.6. The first-order chi connectivity index (χ1) is 20.1. The fourth-order valence-electron chi connectivity index (χ4n) is 5.19. The molecule has 0 bridgehead atoms. The molecule has 0 N–H and O–H groups in total. The molecular formula is C33H35Cl2N3O4. The van der Waals surface area contributed by atoms with Crippen molar-refractivity contribution in [3.63, 3.8) is 0 Å². The molecule has 7 nitrogen and oxygen atoms in total. The van der Waals surface area contributed by atoms with Crippen LogP contribution in [0.5, 0.6) is 5.88 Å². The van der Waals surface area contributed by atoms with Crippen molar-refractivity contribution in [2.24, 2.45) is 0 Å². The van der Waals surface area contributed by atoms with Crippen molar-refractivity contribution in [3.05, 3.63) is 87.5 Å². The maximum Gasteiger partial charge on any atom is 0.410 e. The summed E-state index contributed by atoms with van der Waals surface area (Å²) in [6, 6.07) is 17.4. The Morgan fingerprint density at radius 2 is 1.79 bits per heavy atom. The van der Waals surface area contributed by atoms with Crippen LogP contribution in [0.4, 0.5) is 4.79 Å². The van der Waals surface area contributed by atoms with Crippen molar-refractivity contribution in [2.75, 3.05) is 20.2 Å². The lowest BCUT2D eigenvalue weighted by Gasteiger charge is -2.34. The number of nitrogens with zero attached hydrogens (tertiary/aromatic N) is 3. The minimum Gasteiger partial charge on any atom is -0.481 e. The van der Waals surface area contributed by atoms with Gasteiger partial charge in [-0.25, -0.2) is 9.78 Å². The number of carbonyl (C=O) groups excluding carboxylic acids is 2. The van der Waals surface area contributed by atoms with E-state index in [9.17, 15) is 9.59 Å². The third-order valence-corrected chi connectivity index (χ3v) is 8.22. The molecule has 9 heteroatoms. The number of halogens is 2. The van der Waals surface area contributed by atoms with Gasteiger partial charge in [0, 0.05) is 36.5 Å². The molecule has 2 amide bonds. The van der Waals surface area contributed by atoms with E-state index in [4.69, 9.17) is 32.7 Å². The molecule has 1 aromatic heterocycles. The first kappa shape index (κ1) is 29.9. The molecule has 42 heavy (non-hydrogen) atoms. The van der Waals surface area contributed by atoms with Gasteiger partial charge >= 0.3 is 6.09 Å². The van der Waals surface area contributed by atoms with Crippen molar-refractivity contribution in [3.8, 4) is 17.0 Å². The Morgan fingerprint density at radius 3 is 2.50 bits per heavy atom. The smallest absolute Gasteiger partial charge is 0.410 e. The average Bonchev–Trinajstić information content (AvgIpc) is 3.82. The van der Waals surface area contributed by atoms with E-state index in [-0.39, 0.29) is 18.5 Å². The van der Waals surface area contributed by atoms with Crippen LogP contribution in [0.25, 0.3) is 16.7 Å². The maximum absolute atomic E-state index is 14.5. The van der Waals surface area contributed by atoms with E-state index in [0.717, 1.165) is 40.7 Å². The molecule has 2 aromatic carbocycles. The molecule has 3 aromatic rings. The maximum atomic E-state index is 14.5. The minimum atomic E-state index is -0.647. The quantitative estimate of drug-likeness (QED) is 0.276. The second kappa shape index (κ2) is 12.4. The summed E-state index contributed by atoms with van der Waals surface area (Å²) in [4.78, 5) is 35.4. The van der Waals surface area contributed by atoms with Crippen LogP contribution < -0.4 is 4.74 Å². The molecule has 1 fully saturated rings. The molecule has 0 atom stereocenters. The van der Waals surface area contributed by atoms with Gasteiger partial charge in [-0.3, -0.25) is 4.79 Å². The standard InChI is InChI=1S/C33H35Cl2N3O4/c1-33(2,3)42-32(40)37-17-15-25(21-8-5-9-22(18-21)26-11-7-16-36-30(26)41-4)27(20-37)31(39)38(24-13-14-24)19-23-10-6-12-28(34)29(23)35/h5-12,16,18,24H,13-15,17,19-20H2,1-4H3. The zero-order chi connectivity index (χ0) is 30.0. The highest BCUT2D eigenvalue weighted by Crippen LogP contribution is 2.37. The molecule has 0 radical (unpaired) electrons. The first-order valence-electron chi connectivity index (χ1n) is 14.1. The number of pyridine rings is 1. The number of benzene rings is 2. The van der Waals surface area contributed by atoms with Gasteiger partial charge in [0.2, 0.25) is 5.88 Å². The third kappa shape index (κ3) is 6.74. The van der Waals surface area contributed by atoms with Crippen LogP contribution in [0.15, 0.2) is 66.4 Å². The number of hydrogen-bond acceptors (Lipinski definition) is 5. The lowest BCUT2D eigenvalue weighted by Crippen LogP contribution is -2.44. The van der Waals surface area contributed by atoms with Gasteiger partial charge in [-0.1, -0.05) is 53.5 Å². The Kier molecular flexibility index (Phi) is 8.81. The Hall–Kier alpha value is -3.55. The predicted octanol–water partition coefficient (Wildman–Crippen LogP) is 7.65. The Labute approximate surface area is 257 Å². The lowest BCUT2D eigenvalue weighted by atomic mass is 9.90. The van der Waals surface area contributed by atoms with Gasteiger partial charge in [-0.05, 0) is 86.6 Å². The van der Waals surface area contributed by atoms with E-state index in [1.807, 2.05) is 68.1 Å². The van der Waals surface area contributed by atoms with Crippen LogP contribution in [-0.4, -0.2) is 58.6 Å². The van der Waals surface area contributed by atoms with E-state index < -0.39 is 11.7 Å². The normalized spacial score (nSPS) is 15.4. The van der Waals surface area contributed by atoms with Gasteiger partial charge in [-0.15, -0.1) is 0 Å². The van der Waals surface area contributed by atoms with Crippen molar-refractivity contribution in [1.82, 2.24) is 14.8 Å². The molecular weight excluding hydrogens is 573 g/mol. The predicted molar refractivity (Wildman–Crippen MR) is 166 cm³/mol. The van der Waals surface area contributed by atoms with Crippen molar-refractivity contribution in [2.45, 2.75) is 58.2 Å². The molecule has 0 spiro atoms. The van der Waals surface area contributed by atoms with Crippen LogP contribution in [0.1, 0.15) is 51.2 Å². The van der Waals surface area contributed by atoms with Gasteiger partial charge in [0.25, 0.3) is 5.91 Å². The molecule has 2 heterocycles. The van der Waals surface area contributed by atoms with Gasteiger partial charge in [0.1, 0.15) is 5.60 Å². The Bertz CT molecular complexity index is 1530. The van der Waals surface area contributed by atoms with E-state index in [2.05, 4.69) is 11.1 Å². The van der Waals surface area contributed by atoms with Crippen LogP contribution >= 0.6 is 23.2 Å². The molecule has 2 aliphatic rings. The Balaban J connectivity index is 1.56. The highest BCUT2D eigenvalue weighted by Gasteiger charge is 2.38. The minimum absolute atomic E-state index is 0.101. The Morgan fingerprint density at radius 1 is 1.05 bits per heavy atom. The van der Waals surface area contributed by atoms with E-state index in [1.165, 1.54) is 0 Å². The van der Waals surface area contributed by atoms with Crippen molar-refractivity contribution in [1.29, 1.82) is 0 Å². The number of hydrogen-bond donors (Lipinski definition) is 0. The molecule has 1 saturated carbocycles. The summed E-state index contributed by atoms with van der Waals surface area (Å²) in [5.74, 6) is 0.416. The first-order valence-corrected chi connectivity index (χ1v) is 14.8. The topological polar surface area (TPSA) is 72.0 Å². The molecule has 1 aliphatic heterocycles. The molecule has 1 aliphatic carbocycles. The zero-order valence-corrected chi connectivity index (χ0v) is 25.8. The van der Waals surface area contributed by atoms with Gasteiger partial charge in [-0.2, -0.15) is 0 Å². The van der Waals surface area contributed by atoms with Crippen LogP contribution in [0.2, 0.25) is 10.0 Å². The summed E-state index contributed by atoms with van der Waals surface area (Å²) >= 11 is 12.8. The van der Waals surface area contributed by atoms with Crippen LogP contribution in [0, 0.1) is 0 Å². The number of aromatic nitrogens is 1. The van der Waals surface area contributed by atoms with Crippen LogP contribution in [-0.2, 0) is 16.1 Å². The largest absolute Gasteiger partial charge is 0.481 e. The number of ether oxygens (including phenoxy) is 2. The monoisotopic (exact) mass is 607 g/mol. The fraction of sp³-hybridized carbons (Fsp3) is 0.364. The zero-order valence-electron chi connectivity index (χ0n) is 24.3. The third-order valence-electron chi connectivity index (χ3n) is 7.36. The average molecular weight is 609 g/mol. The molecule has 0 unspecified atom stereocenters. The van der Waals surface area contributed by atoms with E-state index in [0.29, 0.717) is 41.0 Å². The summed E-state index contributed by atoms with van der Waals surface area (Å²) < 4.78 is 11.2. The summed E-state index contributed by atoms with van der Waals surface area (Å²) in [5.41, 5.74) is 4.33. The second-order valence-corrected chi connectivity index (χ2v) is 12.4. The molecule has 220 valence electrons. The van der Waals surface area contributed by atoms with Crippen molar-refractivity contribution >= 4 is 40.8 Å². The van der Waals surface area contributed by atoms with Gasteiger partial charge in [0.05, 0.1) is 23.7 Å². The van der Waals surface area contributed by atoms with Crippen molar-refractivity contribution < 1.29 is 19.1 Å². The summed E-state index contributed by atoms with van der Waals surface area (Å²) in [7, 11) is 1.60.